The molecule has 3 rings (SSSR count). The van der Waals surface area contributed by atoms with E-state index in [0.717, 1.165) is 21.4 Å². The monoisotopic (exact) mass is 301 g/mol. The van der Waals surface area contributed by atoms with Crippen LogP contribution in [0.2, 0.25) is 0 Å². The average Bonchev–Trinajstić information content (AvgIpc) is 2.91. The summed E-state index contributed by atoms with van der Waals surface area (Å²) in [6.45, 7) is 0. The lowest BCUT2D eigenvalue weighted by atomic mass is 10.0. The van der Waals surface area contributed by atoms with E-state index in [1.165, 1.54) is 10.9 Å². The fourth-order valence-electron chi connectivity index (χ4n) is 2.44. The largest absolute Gasteiger partial charge is 0.497 e. The summed E-state index contributed by atoms with van der Waals surface area (Å²) in [6.07, 6.45) is 0. The molecule has 1 N–H and O–H groups in total. The maximum atomic E-state index is 13.3. The molecule has 1 heterocycles. The van der Waals surface area contributed by atoms with E-state index < -0.39 is 0 Å². The summed E-state index contributed by atoms with van der Waals surface area (Å²) in [5, 5.41) is 4.40. The van der Waals surface area contributed by atoms with Gasteiger partial charge in [-0.05, 0) is 48.3 Å². The fourth-order valence-corrected chi connectivity index (χ4v) is 3.67. The Labute approximate surface area is 127 Å². The lowest BCUT2D eigenvalue weighted by Crippen LogP contribution is -2.16. The van der Waals surface area contributed by atoms with Gasteiger partial charge in [-0.25, -0.2) is 4.39 Å². The second-order valence-corrected chi connectivity index (χ2v) is 5.94. The van der Waals surface area contributed by atoms with Crippen LogP contribution in [0.25, 0.3) is 10.1 Å². The number of fused-ring (bicyclic) bond motifs is 1. The molecule has 1 atom stereocenters. The summed E-state index contributed by atoms with van der Waals surface area (Å²) >= 11 is 1.62. The third kappa shape index (κ3) is 2.77. The maximum absolute atomic E-state index is 13.3. The number of hydrogen-bond acceptors (Lipinski definition) is 3. The molecule has 2 nitrogen and oxygen atoms in total. The highest BCUT2D eigenvalue weighted by Gasteiger charge is 2.15. The first kappa shape index (κ1) is 14.0. The van der Waals surface area contributed by atoms with Crippen molar-refractivity contribution in [2.45, 2.75) is 6.04 Å². The van der Waals surface area contributed by atoms with Crippen molar-refractivity contribution in [2.24, 2.45) is 0 Å². The van der Waals surface area contributed by atoms with Crippen molar-refractivity contribution in [3.63, 3.8) is 0 Å². The van der Waals surface area contributed by atoms with E-state index in [9.17, 15) is 4.39 Å². The smallest absolute Gasteiger partial charge is 0.124 e. The Morgan fingerprint density at radius 3 is 2.52 bits per heavy atom. The van der Waals surface area contributed by atoms with Crippen molar-refractivity contribution in [1.29, 1.82) is 0 Å². The van der Waals surface area contributed by atoms with Gasteiger partial charge < -0.3 is 10.1 Å². The van der Waals surface area contributed by atoms with Gasteiger partial charge in [-0.15, -0.1) is 11.3 Å². The summed E-state index contributed by atoms with van der Waals surface area (Å²) in [5.41, 5.74) is 1.16. The van der Waals surface area contributed by atoms with Crippen LogP contribution in [-0.4, -0.2) is 14.2 Å². The average molecular weight is 301 g/mol. The van der Waals surface area contributed by atoms with Gasteiger partial charge in [-0.2, -0.15) is 0 Å². The first-order chi connectivity index (χ1) is 10.2. The van der Waals surface area contributed by atoms with E-state index in [2.05, 4.69) is 11.4 Å². The zero-order valence-electron chi connectivity index (χ0n) is 11.9. The molecule has 0 fully saturated rings. The minimum Gasteiger partial charge on any atom is -0.497 e. The van der Waals surface area contributed by atoms with Gasteiger partial charge in [0, 0.05) is 9.58 Å². The van der Waals surface area contributed by atoms with Crippen LogP contribution in [0.4, 0.5) is 4.39 Å². The van der Waals surface area contributed by atoms with Crippen LogP contribution >= 0.6 is 11.3 Å². The molecule has 0 bridgehead atoms. The quantitative estimate of drug-likeness (QED) is 0.773. The van der Waals surface area contributed by atoms with E-state index in [-0.39, 0.29) is 11.9 Å². The standard InChI is InChI=1S/C17H16FNOS/c1-19-17(11-4-7-14(20-2)8-5-11)16-9-12-3-6-13(18)10-15(12)21-16/h3-10,17,19H,1-2H3. The first-order valence-corrected chi connectivity index (χ1v) is 7.53. The molecule has 3 aromatic rings. The van der Waals surface area contributed by atoms with Gasteiger partial charge in [0.1, 0.15) is 11.6 Å². The number of halogens is 1. The third-order valence-corrected chi connectivity index (χ3v) is 4.69. The normalized spacial score (nSPS) is 12.5. The number of benzene rings is 2. The molecule has 21 heavy (non-hydrogen) atoms. The van der Waals surface area contributed by atoms with Gasteiger partial charge in [0.25, 0.3) is 0 Å². The fraction of sp³-hybridized carbons (Fsp3) is 0.176. The minimum absolute atomic E-state index is 0.0939. The van der Waals surface area contributed by atoms with Crippen LogP contribution < -0.4 is 10.1 Å². The van der Waals surface area contributed by atoms with Crippen LogP contribution in [0.3, 0.4) is 0 Å². The molecular formula is C17H16FNOS. The highest BCUT2D eigenvalue weighted by atomic mass is 32.1. The Morgan fingerprint density at radius 1 is 1.10 bits per heavy atom. The lowest BCUT2D eigenvalue weighted by molar-refractivity contribution is 0.414. The second kappa shape index (κ2) is 5.84. The van der Waals surface area contributed by atoms with Crippen LogP contribution in [0.15, 0.2) is 48.5 Å². The molecule has 1 aromatic heterocycles. The molecule has 0 spiro atoms. The minimum atomic E-state index is -0.193. The zero-order chi connectivity index (χ0) is 14.8. The lowest BCUT2D eigenvalue weighted by Gasteiger charge is -2.15. The number of nitrogens with one attached hydrogen (secondary N) is 1. The van der Waals surface area contributed by atoms with Gasteiger partial charge in [0.05, 0.1) is 13.2 Å². The van der Waals surface area contributed by atoms with Crippen molar-refractivity contribution >= 4 is 21.4 Å². The second-order valence-electron chi connectivity index (χ2n) is 4.83. The topological polar surface area (TPSA) is 21.3 Å². The maximum Gasteiger partial charge on any atom is 0.124 e. The van der Waals surface area contributed by atoms with E-state index in [1.807, 2.05) is 37.4 Å². The van der Waals surface area contributed by atoms with E-state index >= 15 is 0 Å². The molecule has 0 saturated heterocycles. The van der Waals surface area contributed by atoms with E-state index in [1.54, 1.807) is 24.5 Å². The van der Waals surface area contributed by atoms with Crippen molar-refractivity contribution in [2.75, 3.05) is 14.2 Å². The number of thiophene rings is 1. The first-order valence-electron chi connectivity index (χ1n) is 6.71. The van der Waals surface area contributed by atoms with Crippen LogP contribution in [0.5, 0.6) is 5.75 Å². The summed E-state index contributed by atoms with van der Waals surface area (Å²) in [5.74, 6) is 0.647. The number of rotatable bonds is 4. The molecule has 0 aliphatic rings. The summed E-state index contributed by atoms with van der Waals surface area (Å²) in [6, 6.07) is 15.1. The number of ether oxygens (including phenoxy) is 1. The molecule has 0 aliphatic carbocycles. The summed E-state index contributed by atoms with van der Waals surface area (Å²) < 4.78 is 19.5. The molecule has 108 valence electrons. The van der Waals surface area contributed by atoms with Crippen LogP contribution in [0, 0.1) is 5.82 Å². The molecule has 0 saturated carbocycles. The Bertz CT molecular complexity index is 751. The highest BCUT2D eigenvalue weighted by molar-refractivity contribution is 7.19. The molecule has 0 amide bonds. The molecular weight excluding hydrogens is 285 g/mol. The number of hydrogen-bond donors (Lipinski definition) is 1. The molecule has 2 aromatic carbocycles. The SMILES string of the molecule is CNC(c1ccc(OC)cc1)c1cc2ccc(F)cc2s1. The zero-order valence-corrected chi connectivity index (χ0v) is 12.7. The van der Waals surface area contributed by atoms with Crippen molar-refractivity contribution in [3.05, 3.63) is 64.8 Å². The third-order valence-electron chi connectivity index (χ3n) is 3.52. The highest BCUT2D eigenvalue weighted by Crippen LogP contribution is 2.33. The van der Waals surface area contributed by atoms with E-state index in [0.29, 0.717) is 0 Å². The Balaban J connectivity index is 2.00. The van der Waals surface area contributed by atoms with Crippen molar-refractivity contribution in [3.8, 4) is 5.75 Å². The Kier molecular flexibility index (Phi) is 3.90. The Hall–Kier alpha value is -1.91. The molecule has 1 unspecified atom stereocenters. The van der Waals surface area contributed by atoms with Gasteiger partial charge in [-0.3, -0.25) is 0 Å². The predicted molar refractivity (Wildman–Crippen MR) is 85.7 cm³/mol. The van der Waals surface area contributed by atoms with Crippen molar-refractivity contribution < 1.29 is 9.13 Å². The molecule has 0 radical (unpaired) electrons. The number of methoxy groups -OCH3 is 1. The Morgan fingerprint density at radius 2 is 1.86 bits per heavy atom. The summed E-state index contributed by atoms with van der Waals surface area (Å²) in [4.78, 5) is 1.17. The van der Waals surface area contributed by atoms with Crippen LogP contribution in [0.1, 0.15) is 16.5 Å². The van der Waals surface area contributed by atoms with Gasteiger partial charge in [0.15, 0.2) is 0 Å². The van der Waals surface area contributed by atoms with Gasteiger partial charge in [-0.1, -0.05) is 18.2 Å². The molecule has 0 aliphatic heterocycles. The van der Waals surface area contributed by atoms with Crippen molar-refractivity contribution in [1.82, 2.24) is 5.32 Å². The van der Waals surface area contributed by atoms with Crippen LogP contribution in [-0.2, 0) is 0 Å². The summed E-state index contributed by atoms with van der Waals surface area (Å²) in [7, 11) is 3.59. The van der Waals surface area contributed by atoms with Gasteiger partial charge in [0.2, 0.25) is 0 Å². The predicted octanol–water partition coefficient (Wildman–Crippen LogP) is 4.36. The van der Waals surface area contributed by atoms with Gasteiger partial charge >= 0.3 is 0 Å². The molecule has 4 heteroatoms. The van der Waals surface area contributed by atoms with E-state index in [4.69, 9.17) is 4.74 Å².